The number of hydrogen-bond donors (Lipinski definition) is 1. The predicted octanol–water partition coefficient (Wildman–Crippen LogP) is 2.91. The van der Waals surface area contributed by atoms with Crippen molar-refractivity contribution in [2.45, 2.75) is 30.1 Å². The second-order valence-corrected chi connectivity index (χ2v) is 14.4. The van der Waals surface area contributed by atoms with Crippen LogP contribution in [0.1, 0.15) is 23.5 Å². The van der Waals surface area contributed by atoms with Crippen molar-refractivity contribution in [2.75, 3.05) is 73.2 Å². The van der Waals surface area contributed by atoms with Gasteiger partial charge in [-0.1, -0.05) is 12.1 Å². The first-order chi connectivity index (χ1) is 24.8. The average Bonchev–Trinajstić information content (AvgIpc) is 3.84. The van der Waals surface area contributed by atoms with Crippen molar-refractivity contribution >= 4 is 15.9 Å². The van der Waals surface area contributed by atoms with E-state index >= 15 is 0 Å². The standard InChI is InChI=1S/C36H41N3O11S/c1-44-28-4-6-29(7-5-28)51(42,43)39(14-16-40)15-17-45-35-21-27(26-3-9-31-33(19-26)49-24-47-31)20-34(50-35)36(41)38-12-10-37(11-13-38)22-25-2-8-30-32(18-25)48-23-46-30/h2-9,18-20,27,35,40H,10-17,21-24H2,1H3/t27-,35+/m0/s1. The fourth-order valence-electron chi connectivity index (χ4n) is 6.50. The fraction of sp³-hybridized carbons (Fsp3) is 0.417. The molecular formula is C36H41N3O11S. The molecule has 14 nitrogen and oxygen atoms in total. The molecule has 2 atom stereocenters. The van der Waals surface area contributed by atoms with E-state index in [4.69, 9.17) is 33.2 Å². The molecule has 4 aliphatic rings. The van der Waals surface area contributed by atoms with Gasteiger partial charge in [0.1, 0.15) is 5.75 Å². The molecule has 0 saturated carbocycles. The molecule has 3 aromatic carbocycles. The number of ether oxygens (including phenoxy) is 7. The summed E-state index contributed by atoms with van der Waals surface area (Å²) in [6.07, 6.45) is 1.37. The molecule has 1 fully saturated rings. The second-order valence-electron chi connectivity index (χ2n) is 12.5. The van der Waals surface area contributed by atoms with Crippen molar-refractivity contribution < 1.29 is 51.5 Å². The molecule has 0 unspecified atom stereocenters. The van der Waals surface area contributed by atoms with Crippen LogP contribution in [-0.4, -0.2) is 113 Å². The lowest BCUT2D eigenvalue weighted by Gasteiger charge is -2.37. The van der Waals surface area contributed by atoms with E-state index in [0.29, 0.717) is 49.8 Å². The lowest BCUT2D eigenvalue weighted by Crippen LogP contribution is -2.49. The van der Waals surface area contributed by atoms with Crippen LogP contribution >= 0.6 is 0 Å². The number of fused-ring (bicyclic) bond motifs is 2. The SMILES string of the molecule is COc1ccc(S(=O)(=O)N(CCO)CCO[C@H]2C[C@@H](c3ccc4c(c3)OCO4)C=C(C(=O)N3CCN(Cc4ccc5c(c4)OCO5)CC3)O2)cc1. The van der Waals surface area contributed by atoms with Crippen LogP contribution in [0.2, 0.25) is 0 Å². The number of sulfonamides is 1. The first kappa shape index (κ1) is 34.9. The van der Waals surface area contributed by atoms with E-state index in [1.165, 1.54) is 19.2 Å². The molecule has 0 spiro atoms. The van der Waals surface area contributed by atoms with Crippen LogP contribution in [0.25, 0.3) is 0 Å². The number of carbonyl (C=O) groups excluding carboxylic acids is 1. The highest BCUT2D eigenvalue weighted by atomic mass is 32.2. The number of allylic oxidation sites excluding steroid dienone is 1. The van der Waals surface area contributed by atoms with Crippen molar-refractivity contribution in [3.05, 3.63) is 83.6 Å². The zero-order valence-corrected chi connectivity index (χ0v) is 29.1. The van der Waals surface area contributed by atoms with Gasteiger partial charge in [-0.15, -0.1) is 0 Å². The van der Waals surface area contributed by atoms with Gasteiger partial charge in [0.2, 0.25) is 29.9 Å². The highest BCUT2D eigenvalue weighted by Gasteiger charge is 2.34. The van der Waals surface area contributed by atoms with Crippen LogP contribution in [0, 0.1) is 0 Å². The number of benzene rings is 3. The Morgan fingerprint density at radius 3 is 2.27 bits per heavy atom. The van der Waals surface area contributed by atoms with Crippen molar-refractivity contribution in [3.63, 3.8) is 0 Å². The molecule has 51 heavy (non-hydrogen) atoms. The van der Waals surface area contributed by atoms with Crippen LogP contribution in [-0.2, 0) is 30.8 Å². The third-order valence-electron chi connectivity index (χ3n) is 9.29. The highest BCUT2D eigenvalue weighted by Crippen LogP contribution is 2.39. The van der Waals surface area contributed by atoms with E-state index in [0.717, 1.165) is 33.5 Å². The largest absolute Gasteiger partial charge is 0.497 e. The van der Waals surface area contributed by atoms with Crippen LogP contribution < -0.4 is 23.7 Å². The van der Waals surface area contributed by atoms with Gasteiger partial charge in [0, 0.05) is 58.2 Å². The average molecular weight is 724 g/mol. The highest BCUT2D eigenvalue weighted by molar-refractivity contribution is 7.89. The summed E-state index contributed by atoms with van der Waals surface area (Å²) in [5.74, 6) is 2.99. The number of amides is 1. The number of nitrogens with zero attached hydrogens (tertiary/aromatic N) is 3. The van der Waals surface area contributed by atoms with E-state index in [2.05, 4.69) is 4.90 Å². The normalized spacial score (nSPS) is 19.9. The summed E-state index contributed by atoms with van der Waals surface area (Å²) in [5.41, 5.74) is 2.01. The molecular weight excluding hydrogens is 682 g/mol. The van der Waals surface area contributed by atoms with Crippen molar-refractivity contribution in [1.29, 1.82) is 0 Å². The van der Waals surface area contributed by atoms with Gasteiger partial charge in [-0.2, -0.15) is 4.31 Å². The summed E-state index contributed by atoms with van der Waals surface area (Å²) in [5, 5.41) is 9.67. The number of methoxy groups -OCH3 is 1. The minimum absolute atomic E-state index is 0.0338. The summed E-state index contributed by atoms with van der Waals surface area (Å²) in [4.78, 5) is 18.1. The molecule has 1 N–H and O–H groups in total. The Balaban J connectivity index is 1.01. The smallest absolute Gasteiger partial charge is 0.288 e. The number of aliphatic hydroxyl groups excluding tert-OH is 1. The molecule has 7 rings (SSSR count). The third-order valence-corrected chi connectivity index (χ3v) is 11.2. The van der Waals surface area contributed by atoms with Crippen LogP contribution in [0.15, 0.2) is 77.4 Å². The summed E-state index contributed by atoms with van der Waals surface area (Å²) in [6, 6.07) is 17.7. The van der Waals surface area contributed by atoms with E-state index in [9.17, 15) is 18.3 Å². The maximum atomic E-state index is 13.9. The molecule has 0 aliphatic carbocycles. The summed E-state index contributed by atoms with van der Waals surface area (Å²) in [7, 11) is -2.43. The monoisotopic (exact) mass is 723 g/mol. The molecule has 0 radical (unpaired) electrons. The van der Waals surface area contributed by atoms with Gasteiger partial charge in [0.15, 0.2) is 28.8 Å². The maximum Gasteiger partial charge on any atom is 0.288 e. The summed E-state index contributed by atoms with van der Waals surface area (Å²) >= 11 is 0. The lowest BCUT2D eigenvalue weighted by atomic mass is 9.92. The van der Waals surface area contributed by atoms with Gasteiger partial charge in [-0.05, 0) is 65.7 Å². The molecule has 0 bridgehead atoms. The zero-order valence-electron chi connectivity index (χ0n) is 28.3. The topological polar surface area (TPSA) is 146 Å². The Hall–Kier alpha value is -4.54. The van der Waals surface area contributed by atoms with Gasteiger partial charge in [-0.25, -0.2) is 8.42 Å². The third kappa shape index (κ3) is 7.87. The molecule has 15 heteroatoms. The summed E-state index contributed by atoms with van der Waals surface area (Å²) in [6.45, 7) is 2.94. The molecule has 1 saturated heterocycles. The minimum atomic E-state index is -3.93. The molecule has 4 heterocycles. The Morgan fingerprint density at radius 1 is 0.882 bits per heavy atom. The van der Waals surface area contributed by atoms with Gasteiger partial charge >= 0.3 is 0 Å². The maximum absolute atomic E-state index is 13.9. The Bertz CT molecular complexity index is 1850. The Labute approximate surface area is 296 Å². The second kappa shape index (κ2) is 15.4. The van der Waals surface area contributed by atoms with Gasteiger partial charge in [0.25, 0.3) is 5.91 Å². The van der Waals surface area contributed by atoms with Crippen LogP contribution in [0.5, 0.6) is 28.7 Å². The zero-order chi connectivity index (χ0) is 35.4. The molecule has 272 valence electrons. The Morgan fingerprint density at radius 2 is 1.57 bits per heavy atom. The first-order valence-corrected chi connectivity index (χ1v) is 18.3. The number of aliphatic hydroxyl groups is 1. The molecule has 1 amide bonds. The van der Waals surface area contributed by atoms with Gasteiger partial charge in [0.05, 0.1) is 25.2 Å². The van der Waals surface area contributed by atoms with E-state index in [1.54, 1.807) is 17.0 Å². The number of hydrogen-bond acceptors (Lipinski definition) is 12. The predicted molar refractivity (Wildman–Crippen MR) is 182 cm³/mol. The number of piperazine rings is 1. The van der Waals surface area contributed by atoms with Crippen molar-refractivity contribution in [3.8, 4) is 28.7 Å². The van der Waals surface area contributed by atoms with Gasteiger partial charge < -0.3 is 43.2 Å². The quantitative estimate of drug-likeness (QED) is 0.277. The Kier molecular flexibility index (Phi) is 10.5. The van der Waals surface area contributed by atoms with Crippen LogP contribution in [0.4, 0.5) is 0 Å². The van der Waals surface area contributed by atoms with Crippen molar-refractivity contribution in [2.24, 2.45) is 0 Å². The lowest BCUT2D eigenvalue weighted by molar-refractivity contribution is -0.154. The first-order valence-electron chi connectivity index (χ1n) is 16.9. The van der Waals surface area contributed by atoms with Crippen molar-refractivity contribution in [1.82, 2.24) is 14.1 Å². The summed E-state index contributed by atoms with van der Waals surface area (Å²) < 4.78 is 67.5. The molecule has 0 aromatic heterocycles. The minimum Gasteiger partial charge on any atom is -0.497 e. The fourth-order valence-corrected chi connectivity index (χ4v) is 7.91. The number of rotatable bonds is 13. The van der Waals surface area contributed by atoms with Gasteiger partial charge in [-0.3, -0.25) is 9.69 Å². The van der Waals surface area contributed by atoms with Crippen LogP contribution in [0.3, 0.4) is 0 Å². The number of carbonyl (C=O) groups is 1. The van der Waals surface area contributed by atoms with E-state index < -0.39 is 16.3 Å². The van der Waals surface area contributed by atoms with E-state index in [-0.39, 0.29) is 62.4 Å². The molecule has 4 aliphatic heterocycles. The molecule has 3 aromatic rings. The van der Waals surface area contributed by atoms with E-state index in [1.807, 2.05) is 42.5 Å².